The van der Waals surface area contributed by atoms with Gasteiger partial charge in [-0.1, -0.05) is 30.3 Å². The Bertz CT molecular complexity index is 1370. The van der Waals surface area contributed by atoms with Gasteiger partial charge in [-0.05, 0) is 48.9 Å². The maximum Gasteiger partial charge on any atom is 0.266 e. The molecule has 3 aromatic carbocycles. The largest absolute Gasteiger partial charge is 0.348 e. The lowest BCUT2D eigenvalue weighted by Crippen LogP contribution is -2.30. The van der Waals surface area contributed by atoms with E-state index in [4.69, 9.17) is 0 Å². The molecule has 4 aromatic rings. The van der Waals surface area contributed by atoms with Crippen molar-refractivity contribution < 1.29 is 18.0 Å². The van der Waals surface area contributed by atoms with Crippen molar-refractivity contribution in [3.8, 4) is 5.69 Å². The number of amides is 1. The second-order valence-electron chi connectivity index (χ2n) is 7.03. The number of nitrogens with zero attached hydrogens (tertiary/aromatic N) is 1. The molecule has 0 atom stereocenters. The van der Waals surface area contributed by atoms with Crippen LogP contribution in [0.4, 0.5) is 13.2 Å². The lowest BCUT2D eigenvalue weighted by Gasteiger charge is -2.18. The summed E-state index contributed by atoms with van der Waals surface area (Å²) in [6.07, 6.45) is 0. The number of pyridine rings is 1. The van der Waals surface area contributed by atoms with Crippen LogP contribution in [-0.2, 0) is 6.54 Å². The summed E-state index contributed by atoms with van der Waals surface area (Å²) in [5.41, 5.74) is 0.141. The average molecular weight is 422 g/mol. The summed E-state index contributed by atoms with van der Waals surface area (Å²) < 4.78 is 44.0. The van der Waals surface area contributed by atoms with Gasteiger partial charge in [0.1, 0.15) is 17.5 Å². The molecule has 0 saturated carbocycles. The molecule has 4 rings (SSSR count). The van der Waals surface area contributed by atoms with Gasteiger partial charge >= 0.3 is 0 Å². The van der Waals surface area contributed by atoms with Crippen molar-refractivity contribution in [3.05, 3.63) is 111 Å². The van der Waals surface area contributed by atoms with Crippen molar-refractivity contribution in [1.29, 1.82) is 0 Å². The summed E-state index contributed by atoms with van der Waals surface area (Å²) in [6, 6.07) is 15.8. The quantitative estimate of drug-likeness (QED) is 0.521. The summed E-state index contributed by atoms with van der Waals surface area (Å²) in [5.74, 6) is -2.97. The Morgan fingerprint density at radius 1 is 0.903 bits per heavy atom. The Kier molecular flexibility index (Phi) is 5.33. The predicted octanol–water partition coefficient (Wildman–Crippen LogP) is 4.65. The second-order valence-corrected chi connectivity index (χ2v) is 7.03. The summed E-state index contributed by atoms with van der Waals surface area (Å²) in [6.45, 7) is 1.47. The van der Waals surface area contributed by atoms with Gasteiger partial charge in [0.15, 0.2) is 0 Å². The molecule has 1 heterocycles. The van der Waals surface area contributed by atoms with Crippen LogP contribution in [0.25, 0.3) is 16.5 Å². The molecular formula is C24H17F3N2O2. The number of hydrogen-bond acceptors (Lipinski definition) is 2. The zero-order valence-electron chi connectivity index (χ0n) is 16.5. The molecule has 0 aliphatic rings. The normalized spacial score (nSPS) is 11.0. The zero-order valence-corrected chi connectivity index (χ0v) is 16.5. The molecule has 7 heteroatoms. The van der Waals surface area contributed by atoms with Crippen LogP contribution in [0, 0.1) is 24.4 Å². The Labute approximate surface area is 175 Å². The van der Waals surface area contributed by atoms with Crippen LogP contribution in [0.3, 0.4) is 0 Å². The molecule has 0 aliphatic carbocycles. The number of carbonyl (C=O) groups excluding carboxylic acids is 1. The van der Waals surface area contributed by atoms with Crippen LogP contribution in [-0.4, -0.2) is 10.5 Å². The van der Waals surface area contributed by atoms with Gasteiger partial charge in [-0.2, -0.15) is 0 Å². The van der Waals surface area contributed by atoms with E-state index in [2.05, 4.69) is 5.32 Å². The molecule has 1 N–H and O–H groups in total. The topological polar surface area (TPSA) is 51.1 Å². The van der Waals surface area contributed by atoms with E-state index >= 15 is 0 Å². The van der Waals surface area contributed by atoms with Crippen LogP contribution >= 0.6 is 0 Å². The van der Waals surface area contributed by atoms with Gasteiger partial charge in [0.05, 0.1) is 10.9 Å². The van der Waals surface area contributed by atoms with Gasteiger partial charge in [-0.15, -0.1) is 0 Å². The Morgan fingerprint density at radius 2 is 1.58 bits per heavy atom. The zero-order chi connectivity index (χ0) is 22.1. The van der Waals surface area contributed by atoms with Gasteiger partial charge in [0, 0.05) is 23.3 Å². The van der Waals surface area contributed by atoms with E-state index in [9.17, 15) is 22.8 Å². The monoisotopic (exact) mass is 422 g/mol. The van der Waals surface area contributed by atoms with E-state index < -0.39 is 34.3 Å². The number of carbonyl (C=O) groups is 1. The summed E-state index contributed by atoms with van der Waals surface area (Å²) in [5, 5.41) is 1.72. The van der Waals surface area contributed by atoms with Gasteiger partial charge in [-0.25, -0.2) is 13.2 Å². The van der Waals surface area contributed by atoms with Crippen molar-refractivity contribution in [2.75, 3.05) is 0 Å². The molecule has 0 bridgehead atoms. The van der Waals surface area contributed by atoms with Crippen molar-refractivity contribution in [3.63, 3.8) is 0 Å². The van der Waals surface area contributed by atoms with Crippen LogP contribution in [0.2, 0.25) is 0 Å². The van der Waals surface area contributed by atoms with Crippen molar-refractivity contribution in [2.45, 2.75) is 13.5 Å². The number of rotatable bonds is 4. The standard InChI is InChI=1S/C24H17F3N2O2/c1-14-20(23(30)28-13-15-6-5-7-16(25)12-15)21-18(26)10-11-19(27)22(21)24(31)29(14)17-8-3-2-4-9-17/h2-12H,13H2,1H3,(H,28,30). The molecule has 0 fully saturated rings. The second kappa shape index (κ2) is 8.10. The van der Waals surface area contributed by atoms with Crippen molar-refractivity contribution >= 4 is 16.7 Å². The number of fused-ring (bicyclic) bond motifs is 1. The first-order valence-electron chi connectivity index (χ1n) is 9.50. The highest BCUT2D eigenvalue weighted by Gasteiger charge is 2.24. The molecule has 31 heavy (non-hydrogen) atoms. The number of benzene rings is 3. The predicted molar refractivity (Wildman–Crippen MR) is 112 cm³/mol. The summed E-state index contributed by atoms with van der Waals surface area (Å²) in [7, 11) is 0. The molecule has 0 unspecified atom stereocenters. The first kappa shape index (κ1) is 20.4. The fourth-order valence-corrected chi connectivity index (χ4v) is 3.65. The molecule has 0 spiro atoms. The highest BCUT2D eigenvalue weighted by Crippen LogP contribution is 2.26. The first-order chi connectivity index (χ1) is 14.9. The fraction of sp³-hybridized carbons (Fsp3) is 0.0833. The Hall–Kier alpha value is -3.87. The van der Waals surface area contributed by atoms with Crippen LogP contribution in [0.1, 0.15) is 21.6 Å². The number of hydrogen-bond donors (Lipinski definition) is 1. The molecule has 1 amide bonds. The number of aromatic nitrogens is 1. The van der Waals surface area contributed by atoms with Crippen LogP contribution in [0.5, 0.6) is 0 Å². The highest BCUT2D eigenvalue weighted by molar-refractivity contribution is 6.08. The fourth-order valence-electron chi connectivity index (χ4n) is 3.65. The van der Waals surface area contributed by atoms with E-state index in [-0.39, 0.29) is 23.2 Å². The van der Waals surface area contributed by atoms with E-state index in [0.29, 0.717) is 11.3 Å². The highest BCUT2D eigenvalue weighted by atomic mass is 19.1. The number of halogens is 3. The molecule has 4 nitrogen and oxygen atoms in total. The smallest absolute Gasteiger partial charge is 0.266 e. The van der Waals surface area contributed by atoms with Crippen LogP contribution in [0.15, 0.2) is 71.5 Å². The number of nitrogens with one attached hydrogen (secondary N) is 1. The third-order valence-electron chi connectivity index (χ3n) is 5.05. The molecule has 1 aromatic heterocycles. The van der Waals surface area contributed by atoms with Crippen molar-refractivity contribution in [2.24, 2.45) is 0 Å². The van der Waals surface area contributed by atoms with Crippen LogP contribution < -0.4 is 10.9 Å². The third-order valence-corrected chi connectivity index (χ3v) is 5.05. The minimum atomic E-state index is -0.926. The minimum absolute atomic E-state index is 0.0288. The van der Waals surface area contributed by atoms with Gasteiger partial charge < -0.3 is 5.32 Å². The van der Waals surface area contributed by atoms with Gasteiger partial charge in [0.2, 0.25) is 0 Å². The lowest BCUT2D eigenvalue weighted by atomic mass is 10.0. The third kappa shape index (κ3) is 3.70. The van der Waals surface area contributed by atoms with Crippen molar-refractivity contribution in [1.82, 2.24) is 9.88 Å². The Balaban J connectivity index is 1.92. The maximum absolute atomic E-state index is 14.8. The van der Waals surface area contributed by atoms with E-state index in [1.807, 2.05) is 0 Å². The number of para-hydroxylation sites is 1. The minimum Gasteiger partial charge on any atom is -0.348 e. The van der Waals surface area contributed by atoms with E-state index in [0.717, 1.165) is 12.1 Å². The van der Waals surface area contributed by atoms with Gasteiger partial charge in [-0.3, -0.25) is 14.2 Å². The SMILES string of the molecule is Cc1c(C(=O)NCc2cccc(F)c2)c2c(F)ccc(F)c2c(=O)n1-c1ccccc1. The summed E-state index contributed by atoms with van der Waals surface area (Å²) >= 11 is 0. The molecule has 0 saturated heterocycles. The maximum atomic E-state index is 14.8. The lowest BCUT2D eigenvalue weighted by molar-refractivity contribution is 0.0951. The molecule has 0 aliphatic heterocycles. The summed E-state index contributed by atoms with van der Waals surface area (Å²) in [4.78, 5) is 26.2. The average Bonchev–Trinajstić information content (AvgIpc) is 2.75. The van der Waals surface area contributed by atoms with E-state index in [1.54, 1.807) is 36.4 Å². The van der Waals surface area contributed by atoms with Gasteiger partial charge in [0.25, 0.3) is 11.5 Å². The first-order valence-corrected chi connectivity index (χ1v) is 9.50. The Morgan fingerprint density at radius 3 is 2.26 bits per heavy atom. The molecule has 156 valence electrons. The molecular weight excluding hydrogens is 405 g/mol. The molecule has 0 radical (unpaired) electrons. The van der Waals surface area contributed by atoms with E-state index in [1.165, 1.54) is 29.7 Å².